The molecule has 122 valence electrons. The average Bonchev–Trinajstić information content (AvgIpc) is 2.53. The summed E-state index contributed by atoms with van der Waals surface area (Å²) >= 11 is 0. The van der Waals surface area contributed by atoms with Crippen molar-refractivity contribution in [3.05, 3.63) is 65.2 Å². The van der Waals surface area contributed by atoms with Crippen LogP contribution in [0.25, 0.3) is 0 Å². The van der Waals surface area contributed by atoms with E-state index in [2.05, 4.69) is 10.6 Å². The predicted octanol–water partition coefficient (Wildman–Crippen LogP) is 3.52. The normalized spacial score (nSPS) is 11.1. The van der Waals surface area contributed by atoms with Gasteiger partial charge in [0.15, 0.2) is 0 Å². The molecule has 7 heteroatoms. The number of hydrogen-bond donors (Lipinski definition) is 3. The molecule has 0 bridgehead atoms. The molecule has 0 saturated heterocycles. The molecule has 0 aliphatic carbocycles. The molecular weight excluding hydrogens is 309 g/mol. The molecule has 0 aliphatic rings. The number of alkyl halides is 3. The van der Waals surface area contributed by atoms with Crippen LogP contribution in [0.1, 0.15) is 16.7 Å². The summed E-state index contributed by atoms with van der Waals surface area (Å²) in [5.41, 5.74) is 0.300. The lowest BCUT2D eigenvalue weighted by Crippen LogP contribution is -2.29. The summed E-state index contributed by atoms with van der Waals surface area (Å²) in [6.07, 6.45) is -4.54. The topological polar surface area (TPSA) is 61.4 Å². The molecule has 23 heavy (non-hydrogen) atoms. The molecule has 4 nitrogen and oxygen atoms in total. The largest absolute Gasteiger partial charge is 0.418 e. The molecule has 2 aromatic carbocycles. The maximum Gasteiger partial charge on any atom is 0.418 e. The van der Waals surface area contributed by atoms with Gasteiger partial charge in [0.25, 0.3) is 0 Å². The van der Waals surface area contributed by atoms with E-state index in [1.165, 1.54) is 18.2 Å². The lowest BCUT2D eigenvalue weighted by molar-refractivity contribution is -0.136. The number of rotatable bonds is 4. The second-order valence-electron chi connectivity index (χ2n) is 4.83. The highest BCUT2D eigenvalue weighted by atomic mass is 19.4. The third-order valence-corrected chi connectivity index (χ3v) is 3.14. The molecule has 0 fully saturated rings. The SMILES string of the molecule is O=C(NCc1ccc(CO)cc1)Nc1ccccc1C(F)(F)F. The number of halogens is 3. The number of para-hydroxylation sites is 1. The second-order valence-corrected chi connectivity index (χ2v) is 4.83. The van der Waals surface area contributed by atoms with Crippen molar-refractivity contribution in [2.75, 3.05) is 5.32 Å². The minimum Gasteiger partial charge on any atom is -0.392 e. The summed E-state index contributed by atoms with van der Waals surface area (Å²) in [6, 6.07) is 10.9. The fraction of sp³-hybridized carbons (Fsp3) is 0.188. The third-order valence-electron chi connectivity index (χ3n) is 3.14. The van der Waals surface area contributed by atoms with Crippen LogP contribution in [-0.4, -0.2) is 11.1 Å². The first-order valence-corrected chi connectivity index (χ1v) is 6.80. The van der Waals surface area contributed by atoms with Gasteiger partial charge in [-0.25, -0.2) is 4.79 Å². The van der Waals surface area contributed by atoms with Gasteiger partial charge in [-0.3, -0.25) is 0 Å². The van der Waals surface area contributed by atoms with E-state index in [0.29, 0.717) is 0 Å². The van der Waals surface area contributed by atoms with Gasteiger partial charge in [-0.1, -0.05) is 36.4 Å². The molecular formula is C16H15F3N2O2. The maximum atomic E-state index is 12.8. The number of anilines is 1. The summed E-state index contributed by atoms with van der Waals surface area (Å²) < 4.78 is 38.5. The molecule has 0 saturated carbocycles. The summed E-state index contributed by atoms with van der Waals surface area (Å²) in [5.74, 6) is 0. The van der Waals surface area contributed by atoms with E-state index in [1.807, 2.05) is 0 Å². The predicted molar refractivity (Wildman–Crippen MR) is 79.7 cm³/mol. The zero-order valence-corrected chi connectivity index (χ0v) is 12.0. The van der Waals surface area contributed by atoms with E-state index >= 15 is 0 Å². The van der Waals surface area contributed by atoms with Crippen LogP contribution in [0.15, 0.2) is 48.5 Å². The minimum absolute atomic E-state index is 0.0809. The first-order valence-electron chi connectivity index (χ1n) is 6.80. The minimum atomic E-state index is -4.54. The highest BCUT2D eigenvalue weighted by Crippen LogP contribution is 2.34. The van der Waals surface area contributed by atoms with Crippen LogP contribution < -0.4 is 10.6 Å². The van der Waals surface area contributed by atoms with Crippen LogP contribution in [0, 0.1) is 0 Å². The Kier molecular flexibility index (Phi) is 5.23. The van der Waals surface area contributed by atoms with E-state index < -0.39 is 17.8 Å². The lowest BCUT2D eigenvalue weighted by atomic mass is 10.1. The van der Waals surface area contributed by atoms with Crippen molar-refractivity contribution in [3.8, 4) is 0 Å². The van der Waals surface area contributed by atoms with Crippen molar-refractivity contribution in [2.24, 2.45) is 0 Å². The van der Waals surface area contributed by atoms with Crippen LogP contribution in [-0.2, 0) is 19.3 Å². The Labute approximate surface area is 131 Å². The quantitative estimate of drug-likeness (QED) is 0.806. The average molecular weight is 324 g/mol. The zero-order chi connectivity index (χ0) is 16.9. The highest BCUT2D eigenvalue weighted by molar-refractivity contribution is 5.90. The van der Waals surface area contributed by atoms with Gasteiger partial charge in [0, 0.05) is 6.54 Å². The van der Waals surface area contributed by atoms with E-state index in [1.54, 1.807) is 24.3 Å². The highest BCUT2D eigenvalue weighted by Gasteiger charge is 2.33. The van der Waals surface area contributed by atoms with Gasteiger partial charge in [-0.05, 0) is 23.3 Å². The summed E-state index contributed by atoms with van der Waals surface area (Å²) in [4.78, 5) is 11.8. The summed E-state index contributed by atoms with van der Waals surface area (Å²) in [6.45, 7) is 0.0775. The summed E-state index contributed by atoms with van der Waals surface area (Å²) in [7, 11) is 0. The Morgan fingerprint density at radius 3 is 2.22 bits per heavy atom. The number of carbonyl (C=O) groups excluding carboxylic acids is 1. The number of carbonyl (C=O) groups is 1. The van der Waals surface area contributed by atoms with Gasteiger partial charge >= 0.3 is 12.2 Å². The van der Waals surface area contributed by atoms with E-state index in [-0.39, 0.29) is 18.8 Å². The molecule has 2 aromatic rings. The Morgan fingerprint density at radius 2 is 1.61 bits per heavy atom. The van der Waals surface area contributed by atoms with Crippen molar-refractivity contribution in [1.82, 2.24) is 5.32 Å². The fourth-order valence-electron chi connectivity index (χ4n) is 1.95. The molecule has 3 N–H and O–H groups in total. The van der Waals surface area contributed by atoms with Gasteiger partial charge in [0.2, 0.25) is 0 Å². The Bertz CT molecular complexity index is 670. The van der Waals surface area contributed by atoms with Crippen LogP contribution in [0.2, 0.25) is 0 Å². The molecule has 0 unspecified atom stereocenters. The number of urea groups is 1. The van der Waals surface area contributed by atoms with Crippen molar-refractivity contribution in [1.29, 1.82) is 0 Å². The maximum absolute atomic E-state index is 12.8. The van der Waals surface area contributed by atoms with Crippen LogP contribution >= 0.6 is 0 Å². The first-order chi connectivity index (χ1) is 10.9. The first kappa shape index (κ1) is 16.8. The molecule has 0 heterocycles. The number of hydrogen-bond acceptors (Lipinski definition) is 2. The third kappa shape index (κ3) is 4.72. The number of nitrogens with one attached hydrogen (secondary N) is 2. The smallest absolute Gasteiger partial charge is 0.392 e. The standard InChI is InChI=1S/C16H15F3N2O2/c17-16(18,19)13-3-1-2-4-14(13)21-15(23)20-9-11-5-7-12(10-22)8-6-11/h1-8,22H,9-10H2,(H2,20,21,23). The van der Waals surface area contributed by atoms with Gasteiger partial charge in [-0.15, -0.1) is 0 Å². The van der Waals surface area contributed by atoms with E-state index in [4.69, 9.17) is 5.11 Å². The molecule has 0 spiro atoms. The molecule has 0 aromatic heterocycles. The van der Waals surface area contributed by atoms with Gasteiger partial charge in [0.05, 0.1) is 17.9 Å². The molecule has 0 radical (unpaired) electrons. The second kappa shape index (κ2) is 7.15. The van der Waals surface area contributed by atoms with Crippen molar-refractivity contribution >= 4 is 11.7 Å². The van der Waals surface area contributed by atoms with Crippen molar-refractivity contribution < 1.29 is 23.1 Å². The molecule has 0 atom stereocenters. The van der Waals surface area contributed by atoms with Crippen LogP contribution in [0.4, 0.5) is 23.7 Å². The van der Waals surface area contributed by atoms with Gasteiger partial charge < -0.3 is 15.7 Å². The zero-order valence-electron chi connectivity index (χ0n) is 12.0. The number of aliphatic hydroxyl groups is 1. The van der Waals surface area contributed by atoms with Crippen molar-refractivity contribution in [2.45, 2.75) is 19.3 Å². The Hall–Kier alpha value is -2.54. The van der Waals surface area contributed by atoms with Crippen molar-refractivity contribution in [3.63, 3.8) is 0 Å². The number of aliphatic hydroxyl groups excluding tert-OH is 1. The fourth-order valence-corrected chi connectivity index (χ4v) is 1.95. The van der Waals surface area contributed by atoms with E-state index in [9.17, 15) is 18.0 Å². The van der Waals surface area contributed by atoms with Crippen LogP contribution in [0.3, 0.4) is 0 Å². The Morgan fingerprint density at radius 1 is 1.00 bits per heavy atom. The monoisotopic (exact) mass is 324 g/mol. The lowest BCUT2D eigenvalue weighted by Gasteiger charge is -2.14. The number of amides is 2. The van der Waals surface area contributed by atoms with E-state index in [0.717, 1.165) is 17.2 Å². The molecule has 0 aliphatic heterocycles. The number of benzene rings is 2. The molecule has 2 rings (SSSR count). The Balaban J connectivity index is 1.97. The van der Waals surface area contributed by atoms with Gasteiger partial charge in [-0.2, -0.15) is 13.2 Å². The van der Waals surface area contributed by atoms with Crippen LogP contribution in [0.5, 0.6) is 0 Å². The van der Waals surface area contributed by atoms with Gasteiger partial charge in [0.1, 0.15) is 0 Å². The molecule has 2 amide bonds. The summed E-state index contributed by atoms with van der Waals surface area (Å²) in [5, 5.41) is 13.6.